The van der Waals surface area contributed by atoms with E-state index in [2.05, 4.69) is 91.9 Å². The van der Waals surface area contributed by atoms with Gasteiger partial charge in [-0.2, -0.15) is 0 Å². The number of ether oxygens (including phenoxy) is 3. The molecule has 0 saturated carbocycles. The molecule has 0 radical (unpaired) electrons. The van der Waals surface area contributed by atoms with Crippen LogP contribution in [-0.4, -0.2) is 67.2 Å². The Hall–Kier alpha value is -2.05. The van der Waals surface area contributed by atoms with Crippen molar-refractivity contribution in [2.45, 2.75) is 108 Å². The summed E-state index contributed by atoms with van der Waals surface area (Å²) in [5, 5.41) is 24.6. The first-order chi connectivity index (χ1) is 23.6. The van der Waals surface area contributed by atoms with Gasteiger partial charge in [0.25, 0.3) is 8.32 Å². The summed E-state index contributed by atoms with van der Waals surface area (Å²) in [7, 11) is -1.09. The van der Waals surface area contributed by atoms with Crippen LogP contribution >= 0.6 is 22.6 Å². The molecule has 2 N–H and O–H groups in total. The predicted octanol–water partition coefficient (Wildman–Crippen LogP) is 7.61. The number of alkyl halides is 1. The van der Waals surface area contributed by atoms with E-state index >= 15 is 0 Å². The molecule has 1 heterocycles. The van der Waals surface area contributed by atoms with E-state index in [1.165, 1.54) is 16.8 Å². The molecule has 4 rings (SSSR count). The van der Waals surface area contributed by atoms with E-state index in [1.807, 2.05) is 55.5 Å². The van der Waals surface area contributed by atoms with Crippen molar-refractivity contribution < 1.29 is 28.8 Å². The second-order valence-electron chi connectivity index (χ2n) is 14.4. The van der Waals surface area contributed by atoms with Crippen LogP contribution in [0.5, 0.6) is 5.75 Å². The third-order valence-corrected chi connectivity index (χ3v) is 15.7. The van der Waals surface area contributed by atoms with Crippen molar-refractivity contribution in [3.63, 3.8) is 0 Å². The molecule has 8 heteroatoms. The lowest BCUT2D eigenvalue weighted by Crippen LogP contribution is -2.67. The van der Waals surface area contributed by atoms with Crippen LogP contribution in [-0.2, 0) is 20.5 Å². The van der Waals surface area contributed by atoms with Crippen molar-refractivity contribution in [3.05, 3.63) is 103 Å². The fraction of sp³-hybridized carbons (Fsp3) is 0.512. The second kappa shape index (κ2) is 19.5. The maximum Gasteiger partial charge on any atom is 0.261 e. The van der Waals surface area contributed by atoms with Crippen LogP contribution in [0.2, 0.25) is 5.04 Å². The molecule has 1 fully saturated rings. The minimum atomic E-state index is -2.76. The van der Waals surface area contributed by atoms with Gasteiger partial charge in [-0.25, -0.2) is 0 Å². The van der Waals surface area contributed by atoms with Crippen LogP contribution < -0.4 is 15.1 Å². The molecule has 0 spiro atoms. The number of rotatable bonds is 18. The molecule has 3 aromatic carbocycles. The fourth-order valence-electron chi connectivity index (χ4n) is 6.78. The average Bonchev–Trinajstić information content (AvgIpc) is 3.12. The van der Waals surface area contributed by atoms with Crippen LogP contribution in [0.3, 0.4) is 0 Å². The summed E-state index contributed by atoms with van der Waals surface area (Å²) < 4.78 is 26.1. The van der Waals surface area contributed by atoms with E-state index < -0.39 is 20.5 Å². The van der Waals surface area contributed by atoms with Crippen LogP contribution in [0.1, 0.15) is 71.8 Å². The van der Waals surface area contributed by atoms with Gasteiger partial charge in [-0.15, -0.1) is 0 Å². The zero-order chi connectivity index (χ0) is 35.3. The summed E-state index contributed by atoms with van der Waals surface area (Å²) in [4.78, 5) is 0. The second-order valence-corrected chi connectivity index (χ2v) is 19.6. The van der Waals surface area contributed by atoms with E-state index in [0.717, 1.165) is 35.0 Å². The molecule has 6 atom stereocenters. The molecule has 3 aromatic rings. The van der Waals surface area contributed by atoms with Gasteiger partial charge in [-0.3, -0.25) is 0 Å². The average molecular weight is 801 g/mol. The minimum absolute atomic E-state index is 0.0361. The van der Waals surface area contributed by atoms with Gasteiger partial charge in [0, 0.05) is 10.3 Å². The summed E-state index contributed by atoms with van der Waals surface area (Å²) in [6.45, 7) is 9.39. The molecule has 1 aliphatic heterocycles. The van der Waals surface area contributed by atoms with Gasteiger partial charge >= 0.3 is 0 Å². The van der Waals surface area contributed by atoms with Gasteiger partial charge < -0.3 is 28.8 Å². The molecular weight excluding hydrogens is 743 g/mol. The Morgan fingerprint density at radius 2 is 1.49 bits per heavy atom. The third kappa shape index (κ3) is 11.5. The van der Waals surface area contributed by atoms with Crippen molar-refractivity contribution in [2.75, 3.05) is 18.1 Å². The van der Waals surface area contributed by atoms with Crippen LogP contribution in [0.25, 0.3) is 0 Å². The first-order valence-electron chi connectivity index (χ1n) is 17.8. The monoisotopic (exact) mass is 800 g/mol. The Morgan fingerprint density at radius 1 is 0.878 bits per heavy atom. The number of aliphatic hydroxyl groups is 2. The zero-order valence-electron chi connectivity index (χ0n) is 30.0. The largest absolute Gasteiger partial charge is 0.497 e. The molecule has 268 valence electrons. The molecule has 0 aliphatic carbocycles. The van der Waals surface area contributed by atoms with Gasteiger partial charge in [0.15, 0.2) is 0 Å². The molecule has 0 aromatic heterocycles. The highest BCUT2D eigenvalue weighted by Gasteiger charge is 2.50. The molecule has 0 amide bonds. The number of halogens is 1. The van der Waals surface area contributed by atoms with E-state index in [9.17, 15) is 10.2 Å². The molecule has 0 unspecified atom stereocenters. The Kier molecular flexibility index (Phi) is 15.8. The Labute approximate surface area is 309 Å². The molecule has 1 aliphatic rings. The van der Waals surface area contributed by atoms with Crippen LogP contribution in [0, 0.1) is 5.92 Å². The molecule has 49 heavy (non-hydrogen) atoms. The first-order valence-corrected chi connectivity index (χ1v) is 21.2. The Morgan fingerprint density at radius 3 is 2.06 bits per heavy atom. The van der Waals surface area contributed by atoms with E-state index in [4.69, 9.17) is 18.6 Å². The normalized spacial score (nSPS) is 19.8. The van der Waals surface area contributed by atoms with E-state index in [-0.39, 0.29) is 29.8 Å². The number of hydrogen-bond donors (Lipinski definition) is 2. The predicted molar refractivity (Wildman–Crippen MR) is 211 cm³/mol. The maximum absolute atomic E-state index is 11.3. The zero-order valence-corrected chi connectivity index (χ0v) is 33.1. The van der Waals surface area contributed by atoms with E-state index in [0.29, 0.717) is 25.6 Å². The number of aliphatic hydroxyl groups excluding tert-OH is 2. The topological polar surface area (TPSA) is 77.4 Å². The summed E-state index contributed by atoms with van der Waals surface area (Å²) in [6, 6.07) is 28.9. The minimum Gasteiger partial charge on any atom is -0.497 e. The lowest BCUT2D eigenvalue weighted by atomic mass is 9.97. The molecule has 1 saturated heterocycles. The van der Waals surface area contributed by atoms with Gasteiger partial charge in [-0.05, 0) is 71.6 Å². The number of benzene rings is 3. The number of hydrogen-bond acceptors (Lipinski definition) is 6. The number of methoxy groups -OCH3 is 1. The standard InChI is InChI=1S/C41H57IO6Si/c1-31(40(44)30-47-49(41(2,3)4,38-15-8-6-9-16-38)39-17-10-7-11-18-39)19-22-33(43)23-26-35(27-36-13-12-14-37(28-42)48-36)46-29-32-20-24-34(45-5)25-21-32/h6-11,15-22,24-25,31,33,35-37,40,43-44H,12-14,23,26-30H2,1-5H3/b22-19-/t31-,33-,35+,36+,37+,40+/m1/s1. The highest BCUT2D eigenvalue weighted by molar-refractivity contribution is 14.1. The maximum atomic E-state index is 11.3. The summed E-state index contributed by atoms with van der Waals surface area (Å²) in [5.41, 5.74) is 1.09. The van der Waals surface area contributed by atoms with Crippen LogP contribution in [0.4, 0.5) is 0 Å². The summed E-state index contributed by atoms with van der Waals surface area (Å²) >= 11 is 2.41. The Bertz CT molecular complexity index is 1340. The highest BCUT2D eigenvalue weighted by atomic mass is 127. The van der Waals surface area contributed by atoms with Gasteiger partial charge in [0.05, 0.1) is 50.8 Å². The third-order valence-electron chi connectivity index (χ3n) is 9.70. The van der Waals surface area contributed by atoms with E-state index in [1.54, 1.807) is 7.11 Å². The summed E-state index contributed by atoms with van der Waals surface area (Å²) in [5.74, 6) is 0.625. The van der Waals surface area contributed by atoms with Crippen molar-refractivity contribution in [3.8, 4) is 5.75 Å². The lowest BCUT2D eigenvalue weighted by molar-refractivity contribution is -0.0744. The van der Waals surface area contributed by atoms with Crippen molar-refractivity contribution in [2.24, 2.45) is 5.92 Å². The SMILES string of the molecule is COc1ccc(CO[C@@H](CC[C@H](O)/C=C\[C@@H](C)[C@@H](O)CO[Si](c2ccccc2)(c2ccccc2)C(C)(C)C)C[C@@H]2CCC[C@@H](CI)O2)cc1. The highest BCUT2D eigenvalue weighted by Crippen LogP contribution is 2.37. The van der Waals surface area contributed by atoms with Crippen molar-refractivity contribution in [1.29, 1.82) is 0 Å². The summed E-state index contributed by atoms with van der Waals surface area (Å²) in [6.07, 6.45) is 8.25. The van der Waals surface area contributed by atoms with Gasteiger partial charge in [0.2, 0.25) is 0 Å². The van der Waals surface area contributed by atoms with Crippen LogP contribution in [0.15, 0.2) is 97.1 Å². The molecule has 6 nitrogen and oxygen atoms in total. The lowest BCUT2D eigenvalue weighted by Gasteiger charge is -2.43. The fourth-order valence-corrected chi connectivity index (χ4v) is 12.0. The first kappa shape index (κ1) is 39.7. The quantitative estimate of drug-likeness (QED) is 0.0598. The van der Waals surface area contributed by atoms with Crippen molar-refractivity contribution >= 4 is 41.3 Å². The van der Waals surface area contributed by atoms with Gasteiger partial charge in [0.1, 0.15) is 5.75 Å². The van der Waals surface area contributed by atoms with Crippen molar-refractivity contribution in [1.82, 2.24) is 0 Å². The smallest absolute Gasteiger partial charge is 0.261 e. The molecule has 0 bridgehead atoms. The van der Waals surface area contributed by atoms with Gasteiger partial charge in [-0.1, -0.05) is 135 Å². The molecular formula is C41H57IO6Si. The Balaban J connectivity index is 1.37.